The Balaban J connectivity index is 1.42. The Kier molecular flexibility index (Phi) is 14.3. The lowest BCUT2D eigenvalue weighted by Gasteiger charge is -2.38. The molecule has 4 bridgehead atoms. The van der Waals surface area contributed by atoms with E-state index in [4.69, 9.17) is 28.3 Å². The van der Waals surface area contributed by atoms with Crippen molar-refractivity contribution in [1.29, 1.82) is 0 Å². The summed E-state index contributed by atoms with van der Waals surface area (Å²) in [4.78, 5) is 65.5. The number of allylic oxidation sites excluding steroid dienone is 2. The third kappa shape index (κ3) is 9.28. The van der Waals surface area contributed by atoms with Crippen LogP contribution in [-0.4, -0.2) is 118 Å². The first-order valence-corrected chi connectivity index (χ1v) is 23.2. The van der Waals surface area contributed by atoms with Crippen molar-refractivity contribution >= 4 is 50.9 Å². The number of phenolic OH excluding ortho intramolecular Hbond substituents is 2. The number of aliphatic hydroxyl groups is 2. The standard InChI is InChI=1S/C51H64N4O13/c1-24(2)23-54-16-18-55(19-17-54)32-21-33(57)39-35(22-32)67-48-40(52-39)36-37-44(60)30(8)47-38(36)49(62)51(10,68-47)65-20-15-34(64-11)27(5)46(66-31(9)56)29(7)43(59)28(6)42(58)25(3)13-12-14-26(4)50(63)53-41(48)45(37)61/h12-15,20-22,24-25,27-29,34,42-43,46,57-60H,16-19,23H2,1-11H3,(H,53,63)/b13-12+,20-15+,26-14+/t25-,27+,28+,29+,34-,42-,43+,46+,51-/m0/s1. The molecule has 0 radical (unpaired) electrons. The molecule has 1 amide bonds. The topological polar surface area (TPSA) is 231 Å². The van der Waals surface area contributed by atoms with E-state index in [-0.39, 0.29) is 67.2 Å². The lowest BCUT2D eigenvalue weighted by molar-refractivity contribution is -0.160. The van der Waals surface area contributed by atoms with Crippen LogP contribution < -0.4 is 20.4 Å². The second-order valence-electron chi connectivity index (χ2n) is 19.2. The Morgan fingerprint density at radius 1 is 0.971 bits per heavy atom. The quantitative estimate of drug-likeness (QED) is 0.0824. The molecule has 68 heavy (non-hydrogen) atoms. The van der Waals surface area contributed by atoms with Crippen LogP contribution in [0, 0.1) is 36.5 Å². The van der Waals surface area contributed by atoms with Crippen LogP contribution >= 0.6 is 0 Å². The van der Waals surface area contributed by atoms with Gasteiger partial charge in [0.15, 0.2) is 11.3 Å². The number of phenols is 2. The summed E-state index contributed by atoms with van der Waals surface area (Å²) < 4.78 is 30.4. The molecule has 4 aliphatic heterocycles. The molecule has 1 saturated heterocycles. The molecule has 5 aliphatic rings. The minimum absolute atomic E-state index is 0.00679. The van der Waals surface area contributed by atoms with Crippen molar-refractivity contribution in [3.8, 4) is 28.7 Å². The van der Waals surface area contributed by atoms with Crippen LogP contribution in [0.4, 0.5) is 11.4 Å². The van der Waals surface area contributed by atoms with Gasteiger partial charge in [-0.25, -0.2) is 4.98 Å². The van der Waals surface area contributed by atoms with Crippen molar-refractivity contribution in [1.82, 2.24) is 9.88 Å². The third-order valence-electron chi connectivity index (χ3n) is 13.8. The lowest BCUT2D eigenvalue weighted by Crippen LogP contribution is -2.47. The van der Waals surface area contributed by atoms with Gasteiger partial charge in [-0.05, 0) is 25.8 Å². The van der Waals surface area contributed by atoms with Crippen molar-refractivity contribution in [3.05, 3.63) is 69.6 Å². The number of anilines is 2. The van der Waals surface area contributed by atoms with Crippen molar-refractivity contribution in [2.24, 2.45) is 29.6 Å². The number of Topliss-reactive ketones (excluding diaryl/α,β-unsaturated/α-hetero) is 1. The number of piperazine rings is 1. The molecule has 0 unspecified atom stereocenters. The van der Waals surface area contributed by atoms with Gasteiger partial charge in [0, 0.05) is 112 Å². The number of aromatic nitrogens is 1. The van der Waals surface area contributed by atoms with Gasteiger partial charge in [0.2, 0.25) is 5.43 Å². The zero-order valence-electron chi connectivity index (χ0n) is 40.6. The van der Waals surface area contributed by atoms with Gasteiger partial charge in [-0.1, -0.05) is 59.8 Å². The van der Waals surface area contributed by atoms with E-state index in [1.165, 1.54) is 53.2 Å². The summed E-state index contributed by atoms with van der Waals surface area (Å²) >= 11 is 0. The molecular weight excluding hydrogens is 877 g/mol. The summed E-state index contributed by atoms with van der Waals surface area (Å²) in [5.74, 6) is -7.31. The maximum Gasteiger partial charge on any atom is 0.312 e. The fourth-order valence-corrected chi connectivity index (χ4v) is 9.76. The van der Waals surface area contributed by atoms with E-state index in [1.54, 1.807) is 52.0 Å². The Bertz CT molecular complexity index is 2740. The maximum absolute atomic E-state index is 14.9. The number of ketones is 1. The smallest absolute Gasteiger partial charge is 0.312 e. The molecule has 1 fully saturated rings. The molecule has 7 rings (SSSR count). The summed E-state index contributed by atoms with van der Waals surface area (Å²) in [5.41, 5.74) is -0.643. The number of hydrogen-bond donors (Lipinski definition) is 5. The maximum atomic E-state index is 14.9. The Hall–Kier alpha value is -6.01. The zero-order valence-corrected chi connectivity index (χ0v) is 40.6. The molecule has 9 atom stereocenters. The number of hydrogen-bond acceptors (Lipinski definition) is 16. The van der Waals surface area contributed by atoms with Crippen molar-refractivity contribution in [2.75, 3.05) is 50.1 Å². The fourth-order valence-electron chi connectivity index (χ4n) is 9.76. The number of benzene rings is 3. The van der Waals surface area contributed by atoms with E-state index >= 15 is 0 Å². The summed E-state index contributed by atoms with van der Waals surface area (Å²) in [7, 11) is 1.44. The summed E-state index contributed by atoms with van der Waals surface area (Å²) in [6, 6.07) is 3.28. The molecular formula is C51H64N4O13. The van der Waals surface area contributed by atoms with Gasteiger partial charge in [0.1, 0.15) is 40.3 Å². The number of fused-ring (bicyclic) bond motifs is 2. The Labute approximate surface area is 395 Å². The number of methoxy groups -OCH3 is 1. The number of esters is 1. The average molecular weight is 941 g/mol. The SMILES string of the molecule is CO[C@H]1/C=C/O[C@@]2(C)Oc3c(C)c(O)c4c(=O)c(c5oc6cc(N7CCN(CC(C)C)CC7)cc(O)c6nc-5c4c3C2=O)NC(=O)/C(C)=C/C=C/[C@H](C)[C@H](O)[C@@H](C)[C@@H](O)[C@@H](C)[C@H](OC(C)=O)[C@@H]1C. The number of amides is 1. The molecule has 1 aliphatic carbocycles. The minimum Gasteiger partial charge on any atom is -0.507 e. The molecule has 0 spiro atoms. The highest BCUT2D eigenvalue weighted by Crippen LogP contribution is 2.51. The Morgan fingerprint density at radius 2 is 1.66 bits per heavy atom. The number of aliphatic hydroxyl groups excluding tert-OH is 2. The molecule has 5 N–H and O–H groups in total. The highest BCUT2D eigenvalue weighted by Gasteiger charge is 2.50. The van der Waals surface area contributed by atoms with Gasteiger partial charge >= 0.3 is 11.8 Å². The van der Waals surface area contributed by atoms with Crippen LogP contribution in [0.3, 0.4) is 0 Å². The first-order chi connectivity index (χ1) is 32.1. The molecule has 0 saturated carbocycles. The van der Waals surface area contributed by atoms with Crippen LogP contribution in [0.1, 0.15) is 78.2 Å². The van der Waals surface area contributed by atoms with Crippen molar-refractivity contribution < 1.29 is 58.2 Å². The predicted octanol–water partition coefficient (Wildman–Crippen LogP) is 6.43. The van der Waals surface area contributed by atoms with Crippen LogP contribution in [0.2, 0.25) is 0 Å². The number of ether oxygens (including phenoxy) is 4. The summed E-state index contributed by atoms with van der Waals surface area (Å²) in [6.45, 7) is 20.8. The normalized spacial score (nSPS) is 29.5. The molecule has 17 heteroatoms. The van der Waals surface area contributed by atoms with E-state index < -0.39 is 82.7 Å². The van der Waals surface area contributed by atoms with E-state index in [0.29, 0.717) is 24.7 Å². The number of aromatic hydroxyl groups is 2. The molecule has 17 nitrogen and oxygen atoms in total. The number of rotatable bonds is 5. The highest BCUT2D eigenvalue weighted by atomic mass is 16.7. The predicted molar refractivity (Wildman–Crippen MR) is 256 cm³/mol. The van der Waals surface area contributed by atoms with Crippen molar-refractivity contribution in [2.45, 2.75) is 99.4 Å². The average Bonchev–Trinajstić information content (AvgIpc) is 3.56. The van der Waals surface area contributed by atoms with Crippen LogP contribution in [0.15, 0.2) is 57.5 Å². The lowest BCUT2D eigenvalue weighted by atomic mass is 9.78. The van der Waals surface area contributed by atoms with E-state index in [0.717, 1.165) is 19.6 Å². The minimum atomic E-state index is -2.08. The number of carbonyl (C=O) groups is 3. The highest BCUT2D eigenvalue weighted by molar-refractivity contribution is 6.22. The van der Waals surface area contributed by atoms with Crippen LogP contribution in [0.25, 0.3) is 33.3 Å². The molecule has 366 valence electrons. The largest absolute Gasteiger partial charge is 0.507 e. The van der Waals surface area contributed by atoms with Gasteiger partial charge in [-0.3, -0.25) is 24.1 Å². The van der Waals surface area contributed by atoms with Gasteiger partial charge < -0.3 is 54.0 Å². The number of carbonyl (C=O) groups excluding carboxylic acids is 3. The summed E-state index contributed by atoms with van der Waals surface area (Å²) in [5, 5.41) is 48.7. The number of nitrogens with one attached hydrogen (secondary N) is 1. The van der Waals surface area contributed by atoms with Gasteiger partial charge in [0.05, 0.1) is 35.5 Å². The van der Waals surface area contributed by atoms with E-state index in [9.17, 15) is 39.6 Å². The monoisotopic (exact) mass is 940 g/mol. The van der Waals surface area contributed by atoms with Crippen LogP contribution in [0.5, 0.6) is 17.2 Å². The van der Waals surface area contributed by atoms with Gasteiger partial charge in [0.25, 0.3) is 11.7 Å². The number of nitrogens with zero attached hydrogens (tertiary/aromatic N) is 3. The molecule has 4 heterocycles. The summed E-state index contributed by atoms with van der Waals surface area (Å²) in [6.07, 6.45) is 3.49. The second kappa shape index (κ2) is 19.5. The molecule has 2 aromatic rings. The van der Waals surface area contributed by atoms with Gasteiger partial charge in [-0.2, -0.15) is 0 Å². The Morgan fingerprint density at radius 3 is 2.31 bits per heavy atom. The second-order valence-corrected chi connectivity index (χ2v) is 19.2. The van der Waals surface area contributed by atoms with Gasteiger partial charge in [-0.15, -0.1) is 0 Å². The van der Waals surface area contributed by atoms with E-state index in [1.807, 2.05) is 0 Å². The molecule has 0 aromatic heterocycles. The first-order valence-electron chi connectivity index (χ1n) is 23.2. The third-order valence-corrected chi connectivity index (χ3v) is 13.8. The van der Waals surface area contributed by atoms with Crippen molar-refractivity contribution in [3.63, 3.8) is 0 Å². The van der Waals surface area contributed by atoms with E-state index in [2.05, 4.69) is 29.0 Å². The first kappa shape index (κ1) is 49.9. The molecule has 2 aromatic carbocycles. The van der Waals surface area contributed by atoms with Crippen LogP contribution in [-0.2, 0) is 23.8 Å². The zero-order chi connectivity index (χ0) is 49.7. The fraction of sp³-hybridized carbons (Fsp3) is 0.510.